The lowest BCUT2D eigenvalue weighted by Gasteiger charge is -2.20. The number of aryl methyl sites for hydroxylation is 1. The zero-order valence-electron chi connectivity index (χ0n) is 11.4. The first-order valence-electron chi connectivity index (χ1n) is 6.67. The number of carbonyl (C=O) groups is 1. The van der Waals surface area contributed by atoms with E-state index < -0.39 is 11.6 Å². The van der Waals surface area contributed by atoms with Crippen molar-refractivity contribution in [2.45, 2.75) is 26.7 Å². The van der Waals surface area contributed by atoms with Gasteiger partial charge in [0.25, 0.3) is 0 Å². The molecule has 0 radical (unpaired) electrons. The number of carbonyl (C=O) groups excluding carboxylic acids is 1. The molecule has 0 spiro atoms. The molecule has 1 heterocycles. The van der Waals surface area contributed by atoms with Crippen molar-refractivity contribution in [1.29, 1.82) is 0 Å². The molecule has 3 rings (SSSR count). The minimum atomic E-state index is -0.875. The van der Waals surface area contributed by atoms with E-state index >= 15 is 0 Å². The van der Waals surface area contributed by atoms with Crippen LogP contribution in [0.2, 0.25) is 0 Å². The van der Waals surface area contributed by atoms with Crippen LogP contribution in [0, 0.1) is 24.5 Å². The summed E-state index contributed by atoms with van der Waals surface area (Å²) in [4.78, 5) is 12.1. The van der Waals surface area contributed by atoms with Crippen molar-refractivity contribution in [1.82, 2.24) is 4.57 Å². The monoisotopic (exact) mass is 275 g/mol. The van der Waals surface area contributed by atoms with Crippen LogP contribution in [0.3, 0.4) is 0 Å². The molecule has 0 aliphatic heterocycles. The van der Waals surface area contributed by atoms with Crippen molar-refractivity contribution in [3.8, 4) is 5.69 Å². The molecule has 1 aliphatic carbocycles. The van der Waals surface area contributed by atoms with Crippen LogP contribution in [-0.4, -0.2) is 10.4 Å². The molecule has 20 heavy (non-hydrogen) atoms. The molecule has 4 heteroatoms. The molecule has 0 saturated heterocycles. The van der Waals surface area contributed by atoms with Crippen LogP contribution in [0.4, 0.5) is 8.78 Å². The highest BCUT2D eigenvalue weighted by Gasteiger charge is 2.27. The van der Waals surface area contributed by atoms with Crippen LogP contribution in [0.15, 0.2) is 24.3 Å². The highest BCUT2D eigenvalue weighted by molar-refractivity contribution is 5.98. The number of fused-ring (bicyclic) bond motifs is 1. The Morgan fingerprint density at radius 2 is 1.90 bits per heavy atom. The molecule has 2 aromatic rings. The standard InChI is InChI=1S/C16H15F2NO/c1-9-5-15-12(16(20)6-9)7-10(2)19(15)11-3-4-13(17)14(18)8-11/h3-4,7-9H,5-6H2,1-2H3/t9-/m1/s1. The molecule has 1 atom stereocenters. The van der Waals surface area contributed by atoms with E-state index in [-0.39, 0.29) is 11.7 Å². The smallest absolute Gasteiger partial charge is 0.164 e. The maximum atomic E-state index is 13.4. The molecule has 1 aromatic heterocycles. The Kier molecular flexibility index (Phi) is 2.96. The molecule has 0 N–H and O–H groups in total. The largest absolute Gasteiger partial charge is 0.317 e. The summed E-state index contributed by atoms with van der Waals surface area (Å²) in [5.74, 6) is -1.34. The van der Waals surface area contributed by atoms with Gasteiger partial charge in [0.05, 0.1) is 0 Å². The van der Waals surface area contributed by atoms with Crippen molar-refractivity contribution in [2.75, 3.05) is 0 Å². The summed E-state index contributed by atoms with van der Waals surface area (Å²) in [5.41, 5.74) is 3.04. The minimum Gasteiger partial charge on any atom is -0.317 e. The van der Waals surface area contributed by atoms with Gasteiger partial charge < -0.3 is 4.57 Å². The number of nitrogens with zero attached hydrogens (tertiary/aromatic N) is 1. The van der Waals surface area contributed by atoms with E-state index in [9.17, 15) is 13.6 Å². The van der Waals surface area contributed by atoms with Gasteiger partial charge in [-0.05, 0) is 37.5 Å². The number of hydrogen-bond acceptors (Lipinski definition) is 1. The van der Waals surface area contributed by atoms with Gasteiger partial charge in [-0.1, -0.05) is 6.92 Å². The minimum absolute atomic E-state index is 0.128. The number of halogens is 2. The zero-order chi connectivity index (χ0) is 14.4. The Balaban J connectivity index is 2.19. The lowest BCUT2D eigenvalue weighted by Crippen LogP contribution is -2.19. The van der Waals surface area contributed by atoms with Crippen LogP contribution in [0.5, 0.6) is 0 Å². The van der Waals surface area contributed by atoms with Crippen LogP contribution in [-0.2, 0) is 6.42 Å². The quantitative estimate of drug-likeness (QED) is 0.775. The third-order valence-electron chi connectivity index (χ3n) is 3.82. The number of ketones is 1. The Labute approximate surface area is 116 Å². The molecule has 0 bridgehead atoms. The first-order chi connectivity index (χ1) is 9.47. The first-order valence-corrected chi connectivity index (χ1v) is 6.67. The van der Waals surface area contributed by atoms with Gasteiger partial charge in [0.15, 0.2) is 17.4 Å². The highest BCUT2D eigenvalue weighted by Crippen LogP contribution is 2.31. The lowest BCUT2D eigenvalue weighted by atomic mass is 9.88. The number of rotatable bonds is 1. The molecule has 104 valence electrons. The normalized spacial score (nSPS) is 18.2. The van der Waals surface area contributed by atoms with Gasteiger partial charge in [-0.25, -0.2) is 8.78 Å². The predicted molar refractivity (Wildman–Crippen MR) is 72.2 cm³/mol. The Morgan fingerprint density at radius 3 is 2.60 bits per heavy atom. The molecule has 1 aliphatic rings. The summed E-state index contributed by atoms with van der Waals surface area (Å²) >= 11 is 0. The van der Waals surface area contributed by atoms with Crippen molar-refractivity contribution in [3.05, 3.63) is 52.9 Å². The average molecular weight is 275 g/mol. The second kappa shape index (κ2) is 4.54. The van der Waals surface area contributed by atoms with Gasteiger partial charge >= 0.3 is 0 Å². The van der Waals surface area contributed by atoms with Gasteiger partial charge in [0.2, 0.25) is 0 Å². The van der Waals surface area contributed by atoms with Crippen molar-refractivity contribution in [3.63, 3.8) is 0 Å². The highest BCUT2D eigenvalue weighted by atomic mass is 19.2. The van der Waals surface area contributed by atoms with Crippen LogP contribution < -0.4 is 0 Å². The van der Waals surface area contributed by atoms with Gasteiger partial charge in [0.1, 0.15) is 0 Å². The molecule has 0 amide bonds. The fraction of sp³-hybridized carbons (Fsp3) is 0.312. The van der Waals surface area contributed by atoms with Crippen molar-refractivity contribution in [2.24, 2.45) is 5.92 Å². The molecular weight excluding hydrogens is 260 g/mol. The number of hydrogen-bond donors (Lipinski definition) is 0. The van der Waals surface area contributed by atoms with Crippen LogP contribution in [0.25, 0.3) is 5.69 Å². The van der Waals surface area contributed by atoms with Gasteiger partial charge in [-0.15, -0.1) is 0 Å². The van der Waals surface area contributed by atoms with Crippen LogP contribution >= 0.6 is 0 Å². The van der Waals surface area contributed by atoms with E-state index in [1.165, 1.54) is 12.1 Å². The van der Waals surface area contributed by atoms with Crippen molar-refractivity contribution >= 4 is 5.78 Å². The first kappa shape index (κ1) is 13.0. The SMILES string of the molecule is Cc1cc2c(n1-c1ccc(F)c(F)c1)C[C@@H](C)CC2=O. The molecule has 0 fully saturated rings. The fourth-order valence-corrected chi connectivity index (χ4v) is 2.95. The second-order valence-electron chi connectivity index (χ2n) is 5.52. The third kappa shape index (κ3) is 1.96. The van der Waals surface area contributed by atoms with Crippen molar-refractivity contribution < 1.29 is 13.6 Å². The summed E-state index contributed by atoms with van der Waals surface area (Å²) in [5, 5.41) is 0. The van der Waals surface area contributed by atoms with Gasteiger partial charge in [-0.2, -0.15) is 0 Å². The van der Waals surface area contributed by atoms with Gasteiger partial charge in [0, 0.05) is 35.1 Å². The van der Waals surface area contributed by atoms with E-state index in [0.717, 1.165) is 23.9 Å². The van der Waals surface area contributed by atoms with E-state index in [2.05, 4.69) is 0 Å². The number of benzene rings is 1. The lowest BCUT2D eigenvalue weighted by molar-refractivity contribution is 0.0952. The summed E-state index contributed by atoms with van der Waals surface area (Å²) in [6.07, 6.45) is 1.32. The Morgan fingerprint density at radius 1 is 1.15 bits per heavy atom. The fourth-order valence-electron chi connectivity index (χ4n) is 2.95. The summed E-state index contributed by atoms with van der Waals surface area (Å²) in [6.45, 7) is 3.90. The number of Topliss-reactive ketones (excluding diaryl/α,β-unsaturated/α-hetero) is 1. The van der Waals surface area contributed by atoms with E-state index in [1.54, 1.807) is 0 Å². The molecule has 1 aromatic carbocycles. The maximum Gasteiger partial charge on any atom is 0.164 e. The Hall–Kier alpha value is -1.97. The summed E-state index contributed by atoms with van der Waals surface area (Å²) < 4.78 is 28.4. The third-order valence-corrected chi connectivity index (χ3v) is 3.82. The molecule has 0 saturated carbocycles. The van der Waals surface area contributed by atoms with E-state index in [4.69, 9.17) is 0 Å². The zero-order valence-corrected chi connectivity index (χ0v) is 11.4. The topological polar surface area (TPSA) is 22.0 Å². The van der Waals surface area contributed by atoms with Gasteiger partial charge in [-0.3, -0.25) is 4.79 Å². The van der Waals surface area contributed by atoms with E-state index in [1.807, 2.05) is 24.5 Å². The van der Waals surface area contributed by atoms with Crippen LogP contribution in [0.1, 0.15) is 35.1 Å². The second-order valence-corrected chi connectivity index (χ2v) is 5.52. The molecule has 0 unspecified atom stereocenters. The maximum absolute atomic E-state index is 13.4. The van der Waals surface area contributed by atoms with E-state index in [0.29, 0.717) is 17.7 Å². The number of aromatic nitrogens is 1. The summed E-state index contributed by atoms with van der Waals surface area (Å²) in [6, 6.07) is 5.66. The predicted octanol–water partition coefficient (Wildman–Crippen LogP) is 3.83. The average Bonchev–Trinajstić information content (AvgIpc) is 2.70. The Bertz CT molecular complexity index is 703. The molecule has 2 nitrogen and oxygen atoms in total. The summed E-state index contributed by atoms with van der Waals surface area (Å²) in [7, 11) is 0. The molecular formula is C16H15F2NO.